The van der Waals surface area contributed by atoms with Crippen molar-refractivity contribution in [3.05, 3.63) is 53.6 Å². The van der Waals surface area contributed by atoms with Crippen LogP contribution in [0.15, 0.2) is 42.5 Å². The summed E-state index contributed by atoms with van der Waals surface area (Å²) in [6.07, 6.45) is 0. The van der Waals surface area contributed by atoms with Gasteiger partial charge in [-0.3, -0.25) is 4.79 Å². The number of aryl methyl sites for hydroxylation is 1. The quantitative estimate of drug-likeness (QED) is 0.536. The van der Waals surface area contributed by atoms with Gasteiger partial charge in [-0.1, -0.05) is 26.0 Å². The zero-order valence-corrected chi connectivity index (χ0v) is 18.2. The van der Waals surface area contributed by atoms with Crippen LogP contribution in [0.3, 0.4) is 0 Å². The van der Waals surface area contributed by atoms with Gasteiger partial charge < -0.3 is 19.3 Å². The first-order valence-corrected chi connectivity index (χ1v) is 10.4. The molecule has 1 aliphatic rings. The fourth-order valence-corrected chi connectivity index (χ4v) is 3.55. The zero-order chi connectivity index (χ0) is 21.7. The minimum absolute atomic E-state index is 0.116. The molecule has 3 rings (SSSR count). The van der Waals surface area contributed by atoms with E-state index in [2.05, 4.69) is 18.7 Å². The molecule has 0 atom stereocenters. The minimum Gasteiger partial charge on any atom is -0.482 e. The van der Waals surface area contributed by atoms with Crippen LogP contribution >= 0.6 is 0 Å². The lowest BCUT2D eigenvalue weighted by atomic mass is 10.0. The lowest BCUT2D eigenvalue weighted by Crippen LogP contribution is -2.48. The lowest BCUT2D eigenvalue weighted by molar-refractivity contribution is -0.136. The Labute approximate surface area is 178 Å². The van der Waals surface area contributed by atoms with Crippen molar-refractivity contribution in [2.24, 2.45) is 0 Å². The van der Waals surface area contributed by atoms with E-state index in [0.29, 0.717) is 11.7 Å². The first kappa shape index (κ1) is 21.7. The maximum Gasteiger partial charge on any atom is 0.349 e. The Kier molecular flexibility index (Phi) is 6.98. The summed E-state index contributed by atoms with van der Waals surface area (Å²) in [6, 6.07) is 13.5. The molecule has 0 N–H and O–H groups in total. The van der Waals surface area contributed by atoms with E-state index in [-0.39, 0.29) is 12.5 Å². The van der Waals surface area contributed by atoms with Crippen molar-refractivity contribution in [2.45, 2.75) is 33.6 Å². The topological polar surface area (TPSA) is 59.1 Å². The van der Waals surface area contributed by atoms with Gasteiger partial charge in [-0.05, 0) is 54.3 Å². The van der Waals surface area contributed by atoms with E-state index >= 15 is 0 Å². The molecule has 30 heavy (non-hydrogen) atoms. The number of carbonyl (C=O) groups is 2. The Morgan fingerprint density at radius 3 is 2.27 bits per heavy atom. The van der Waals surface area contributed by atoms with Gasteiger partial charge in [0.25, 0.3) is 0 Å². The Hall–Kier alpha value is -3.02. The van der Waals surface area contributed by atoms with Gasteiger partial charge in [0.05, 0.1) is 0 Å². The molecule has 0 unspecified atom stereocenters. The van der Waals surface area contributed by atoms with Crippen LogP contribution in [0.5, 0.6) is 11.5 Å². The van der Waals surface area contributed by atoms with Gasteiger partial charge in [0.1, 0.15) is 11.5 Å². The lowest BCUT2D eigenvalue weighted by Gasteiger charge is -2.35. The van der Waals surface area contributed by atoms with E-state index in [0.717, 1.165) is 48.7 Å². The van der Waals surface area contributed by atoms with E-state index in [4.69, 9.17) is 9.47 Å². The first-order valence-electron chi connectivity index (χ1n) is 10.4. The number of carbonyl (C=O) groups excluding carboxylic acids is 2. The van der Waals surface area contributed by atoms with Crippen molar-refractivity contribution in [2.75, 3.05) is 37.7 Å². The van der Waals surface area contributed by atoms with Crippen LogP contribution in [0.2, 0.25) is 0 Å². The summed E-state index contributed by atoms with van der Waals surface area (Å²) < 4.78 is 11.2. The van der Waals surface area contributed by atoms with Crippen molar-refractivity contribution in [3.63, 3.8) is 0 Å². The number of esters is 1. The summed E-state index contributed by atoms with van der Waals surface area (Å²) in [5.41, 5.74) is 3.21. The summed E-state index contributed by atoms with van der Waals surface area (Å²) in [4.78, 5) is 27.8. The number of amides is 1. The molecule has 160 valence electrons. The molecule has 6 nitrogen and oxygen atoms in total. The highest BCUT2D eigenvalue weighted by molar-refractivity contribution is 5.74. The number of nitrogens with zero attached hydrogens (tertiary/aromatic N) is 2. The summed E-state index contributed by atoms with van der Waals surface area (Å²) >= 11 is 0. The van der Waals surface area contributed by atoms with Gasteiger partial charge in [0, 0.05) is 38.8 Å². The summed E-state index contributed by atoms with van der Waals surface area (Å²) in [5, 5.41) is 0. The first-order chi connectivity index (χ1) is 14.3. The highest BCUT2D eigenvalue weighted by atomic mass is 16.6. The van der Waals surface area contributed by atoms with Gasteiger partial charge in [-0.15, -0.1) is 0 Å². The van der Waals surface area contributed by atoms with Crippen molar-refractivity contribution >= 4 is 17.6 Å². The van der Waals surface area contributed by atoms with Crippen LogP contribution in [0.4, 0.5) is 5.69 Å². The van der Waals surface area contributed by atoms with Crippen LogP contribution in [-0.2, 0) is 9.59 Å². The molecule has 2 aromatic carbocycles. The standard InChI is InChI=1S/C24H30N2O4/c1-17(2)22-10-5-18(3)15-23(22)29-16-24(28)30-21-8-6-20(7-9-21)26-13-11-25(12-14-26)19(4)27/h5-10,15,17H,11-14,16H2,1-4H3. The van der Waals surface area contributed by atoms with Crippen molar-refractivity contribution in [3.8, 4) is 11.5 Å². The summed E-state index contributed by atoms with van der Waals surface area (Å²) in [7, 11) is 0. The molecule has 0 spiro atoms. The fraction of sp³-hybridized carbons (Fsp3) is 0.417. The van der Waals surface area contributed by atoms with Gasteiger partial charge in [0.15, 0.2) is 6.61 Å². The highest BCUT2D eigenvalue weighted by Crippen LogP contribution is 2.27. The van der Waals surface area contributed by atoms with Crippen molar-refractivity contribution < 1.29 is 19.1 Å². The zero-order valence-electron chi connectivity index (χ0n) is 18.2. The SMILES string of the molecule is CC(=O)N1CCN(c2ccc(OC(=O)COc3cc(C)ccc3C(C)C)cc2)CC1. The maximum atomic E-state index is 12.2. The third-order valence-corrected chi connectivity index (χ3v) is 5.30. The monoisotopic (exact) mass is 410 g/mol. The van der Waals surface area contributed by atoms with E-state index in [1.165, 1.54) is 0 Å². The molecule has 2 aromatic rings. The number of rotatable bonds is 6. The van der Waals surface area contributed by atoms with E-state index in [9.17, 15) is 9.59 Å². The molecule has 0 aliphatic carbocycles. The number of hydrogen-bond acceptors (Lipinski definition) is 5. The largest absolute Gasteiger partial charge is 0.482 e. The molecule has 0 bridgehead atoms. The number of ether oxygens (including phenoxy) is 2. The molecule has 0 radical (unpaired) electrons. The molecule has 1 amide bonds. The van der Waals surface area contributed by atoms with E-state index < -0.39 is 5.97 Å². The highest BCUT2D eigenvalue weighted by Gasteiger charge is 2.19. The molecular formula is C24H30N2O4. The third kappa shape index (κ3) is 5.53. The normalized spacial score (nSPS) is 14.0. The molecule has 1 heterocycles. The van der Waals surface area contributed by atoms with Crippen molar-refractivity contribution in [1.82, 2.24) is 4.90 Å². The molecule has 1 fully saturated rings. The summed E-state index contributed by atoms with van der Waals surface area (Å²) in [6.45, 7) is 10.7. The van der Waals surface area contributed by atoms with Gasteiger partial charge >= 0.3 is 5.97 Å². The fourth-order valence-electron chi connectivity index (χ4n) is 3.55. The van der Waals surface area contributed by atoms with Gasteiger partial charge in [-0.2, -0.15) is 0 Å². The molecule has 0 aromatic heterocycles. The van der Waals surface area contributed by atoms with Gasteiger partial charge in [0.2, 0.25) is 5.91 Å². The Balaban J connectivity index is 1.53. The molecular weight excluding hydrogens is 380 g/mol. The second-order valence-electron chi connectivity index (χ2n) is 7.95. The molecule has 1 aliphatic heterocycles. The molecule has 6 heteroatoms. The number of anilines is 1. The van der Waals surface area contributed by atoms with Crippen LogP contribution in [-0.4, -0.2) is 49.6 Å². The Bertz CT molecular complexity index is 885. The number of hydrogen-bond donors (Lipinski definition) is 0. The Morgan fingerprint density at radius 2 is 1.67 bits per heavy atom. The van der Waals surface area contributed by atoms with E-state index in [1.54, 1.807) is 19.1 Å². The minimum atomic E-state index is -0.436. The average Bonchev–Trinajstić information content (AvgIpc) is 2.72. The Morgan fingerprint density at radius 1 is 1.00 bits per heavy atom. The second-order valence-corrected chi connectivity index (χ2v) is 7.95. The molecule has 0 saturated carbocycles. The molecule has 1 saturated heterocycles. The van der Waals surface area contributed by atoms with Crippen LogP contribution in [0.1, 0.15) is 37.8 Å². The van der Waals surface area contributed by atoms with Crippen LogP contribution in [0.25, 0.3) is 0 Å². The predicted molar refractivity (Wildman–Crippen MR) is 117 cm³/mol. The smallest absolute Gasteiger partial charge is 0.349 e. The third-order valence-electron chi connectivity index (χ3n) is 5.30. The van der Waals surface area contributed by atoms with Crippen LogP contribution in [0, 0.1) is 6.92 Å². The van der Waals surface area contributed by atoms with Crippen molar-refractivity contribution in [1.29, 1.82) is 0 Å². The van der Waals surface area contributed by atoms with E-state index in [1.807, 2.05) is 42.2 Å². The second kappa shape index (κ2) is 9.65. The number of benzene rings is 2. The van der Waals surface area contributed by atoms with Gasteiger partial charge in [-0.25, -0.2) is 4.79 Å². The predicted octanol–water partition coefficient (Wildman–Crippen LogP) is 3.77. The van der Waals surface area contributed by atoms with Crippen LogP contribution < -0.4 is 14.4 Å². The summed E-state index contributed by atoms with van der Waals surface area (Å²) in [5.74, 6) is 1.20. The average molecular weight is 411 g/mol. The number of piperazine rings is 1. The maximum absolute atomic E-state index is 12.2.